The van der Waals surface area contributed by atoms with Crippen LogP contribution in [0.4, 0.5) is 10.2 Å². The van der Waals surface area contributed by atoms with E-state index in [9.17, 15) is 9.18 Å². The number of anilines is 1. The molecule has 1 fully saturated rings. The van der Waals surface area contributed by atoms with Crippen LogP contribution in [0.2, 0.25) is 0 Å². The van der Waals surface area contributed by atoms with Gasteiger partial charge in [-0.15, -0.1) is 0 Å². The molecule has 0 unspecified atom stereocenters. The van der Waals surface area contributed by atoms with Crippen LogP contribution in [0.1, 0.15) is 18.1 Å². The number of aromatic amines is 1. The topological polar surface area (TPSA) is 89.1 Å². The molecule has 0 amide bonds. The van der Waals surface area contributed by atoms with E-state index in [2.05, 4.69) is 20.3 Å². The van der Waals surface area contributed by atoms with Crippen molar-refractivity contribution in [2.24, 2.45) is 0 Å². The van der Waals surface area contributed by atoms with Gasteiger partial charge in [0.2, 0.25) is 5.56 Å². The van der Waals surface area contributed by atoms with Gasteiger partial charge in [-0.05, 0) is 30.2 Å². The highest BCUT2D eigenvalue weighted by Gasteiger charge is 2.30. The first kappa shape index (κ1) is 16.5. The zero-order chi connectivity index (χ0) is 18.1. The van der Waals surface area contributed by atoms with Gasteiger partial charge >= 0.3 is 0 Å². The van der Waals surface area contributed by atoms with Crippen LogP contribution in [-0.2, 0) is 4.74 Å². The number of methoxy groups -OCH3 is 1. The van der Waals surface area contributed by atoms with Crippen LogP contribution in [0.25, 0.3) is 10.9 Å². The predicted molar refractivity (Wildman–Crippen MR) is 93.8 cm³/mol. The highest BCUT2D eigenvalue weighted by molar-refractivity contribution is 5.90. The molecule has 26 heavy (non-hydrogen) atoms. The van der Waals surface area contributed by atoms with Gasteiger partial charge in [-0.3, -0.25) is 4.79 Å². The molecule has 1 aliphatic rings. The maximum Gasteiger partial charge on any atom is 0.247 e. The molecule has 0 radical (unpaired) electrons. The van der Waals surface area contributed by atoms with E-state index in [-0.39, 0.29) is 29.0 Å². The molecule has 2 atom stereocenters. The van der Waals surface area contributed by atoms with Gasteiger partial charge in [-0.25, -0.2) is 14.4 Å². The van der Waals surface area contributed by atoms with Gasteiger partial charge in [0.25, 0.3) is 0 Å². The van der Waals surface area contributed by atoms with Gasteiger partial charge < -0.3 is 19.8 Å². The molecule has 4 rings (SSSR count). The van der Waals surface area contributed by atoms with Crippen molar-refractivity contribution in [2.75, 3.05) is 19.0 Å². The molecule has 0 aliphatic carbocycles. The fourth-order valence-corrected chi connectivity index (χ4v) is 3.19. The third-order valence-corrected chi connectivity index (χ3v) is 4.48. The lowest BCUT2D eigenvalue weighted by molar-refractivity contribution is 0.107. The zero-order valence-corrected chi connectivity index (χ0v) is 14.0. The van der Waals surface area contributed by atoms with Crippen molar-refractivity contribution in [1.29, 1.82) is 0 Å². The molecule has 0 bridgehead atoms. The first-order valence-corrected chi connectivity index (χ1v) is 8.21. The number of fused-ring (bicyclic) bond motifs is 1. The summed E-state index contributed by atoms with van der Waals surface area (Å²) < 4.78 is 25.3. The van der Waals surface area contributed by atoms with Crippen LogP contribution in [0, 0.1) is 5.82 Å². The molecule has 1 saturated heterocycles. The number of hydrogen-bond acceptors (Lipinski definition) is 6. The minimum atomic E-state index is -0.518. The van der Waals surface area contributed by atoms with Crippen LogP contribution < -0.4 is 15.6 Å². The summed E-state index contributed by atoms with van der Waals surface area (Å²) >= 11 is 0. The van der Waals surface area contributed by atoms with Crippen LogP contribution in [0.15, 0.2) is 41.6 Å². The Bertz CT molecular complexity index is 987. The number of pyridine rings is 1. The molecule has 8 heteroatoms. The Hall–Kier alpha value is -3.00. The van der Waals surface area contributed by atoms with Crippen molar-refractivity contribution in [3.05, 3.63) is 58.5 Å². The van der Waals surface area contributed by atoms with Crippen molar-refractivity contribution >= 4 is 16.7 Å². The number of aromatic nitrogens is 3. The number of hydrogen-bond donors (Lipinski definition) is 2. The summed E-state index contributed by atoms with van der Waals surface area (Å²) in [4.78, 5) is 22.2. The van der Waals surface area contributed by atoms with Gasteiger partial charge in [-0.1, -0.05) is 0 Å². The lowest BCUT2D eigenvalue weighted by Crippen LogP contribution is -2.24. The lowest BCUT2D eigenvalue weighted by atomic mass is 10.0. The van der Waals surface area contributed by atoms with Crippen molar-refractivity contribution < 1.29 is 13.9 Å². The zero-order valence-electron chi connectivity index (χ0n) is 14.0. The second-order valence-electron chi connectivity index (χ2n) is 6.02. The first-order chi connectivity index (χ1) is 12.7. The van der Waals surface area contributed by atoms with Crippen molar-refractivity contribution in [2.45, 2.75) is 18.6 Å². The molecule has 3 aromatic rings. The second kappa shape index (κ2) is 6.72. The minimum absolute atomic E-state index is 0.0656. The molecule has 1 aliphatic heterocycles. The summed E-state index contributed by atoms with van der Waals surface area (Å²) in [6.07, 6.45) is 3.49. The van der Waals surface area contributed by atoms with Crippen molar-refractivity contribution in [1.82, 2.24) is 15.0 Å². The third-order valence-electron chi connectivity index (χ3n) is 4.48. The van der Waals surface area contributed by atoms with Gasteiger partial charge in [0.15, 0.2) is 11.6 Å². The van der Waals surface area contributed by atoms with Crippen LogP contribution >= 0.6 is 0 Å². The number of ether oxygens (including phenoxy) is 2. The van der Waals surface area contributed by atoms with E-state index in [1.54, 1.807) is 24.4 Å². The number of H-pyrrole nitrogens is 1. The SMILES string of the molecule is COc1ccc2c(N[C@H]3CCO[C@@H]3c3ccc(=O)[nH]c3)ncnc2c1F. The molecular formula is C18H17FN4O3. The molecular weight excluding hydrogens is 339 g/mol. The van der Waals surface area contributed by atoms with Crippen LogP contribution in [-0.4, -0.2) is 34.7 Å². The average Bonchev–Trinajstić information content (AvgIpc) is 3.11. The number of benzene rings is 1. The fourth-order valence-electron chi connectivity index (χ4n) is 3.19. The summed E-state index contributed by atoms with van der Waals surface area (Å²) in [5.41, 5.74) is 0.898. The Morgan fingerprint density at radius 1 is 1.31 bits per heavy atom. The largest absolute Gasteiger partial charge is 0.494 e. The maximum atomic E-state index is 14.4. The molecule has 1 aromatic carbocycles. The van der Waals surface area contributed by atoms with Gasteiger partial charge in [0.05, 0.1) is 13.2 Å². The maximum absolute atomic E-state index is 14.4. The summed E-state index contributed by atoms with van der Waals surface area (Å²) in [5, 5.41) is 3.90. The summed E-state index contributed by atoms with van der Waals surface area (Å²) in [7, 11) is 1.41. The molecule has 2 aromatic heterocycles. The Kier molecular flexibility index (Phi) is 4.26. The number of halogens is 1. The Morgan fingerprint density at radius 3 is 2.96 bits per heavy atom. The Balaban J connectivity index is 1.67. The van der Waals surface area contributed by atoms with E-state index in [1.807, 2.05) is 0 Å². The van der Waals surface area contributed by atoms with Crippen molar-refractivity contribution in [3.63, 3.8) is 0 Å². The van der Waals surface area contributed by atoms with E-state index < -0.39 is 5.82 Å². The highest BCUT2D eigenvalue weighted by atomic mass is 19.1. The standard InChI is InChI=1S/C18H17FN4O3/c1-25-13-4-3-11-16(15(13)19)21-9-22-18(11)23-12-6-7-26-17(12)10-2-5-14(24)20-8-10/h2-5,8-9,12,17H,6-7H2,1H3,(H,20,24)(H,21,22,23)/t12-,17+/m0/s1. The smallest absolute Gasteiger partial charge is 0.247 e. The average molecular weight is 356 g/mol. The quantitative estimate of drug-likeness (QED) is 0.746. The normalized spacial score (nSPS) is 19.6. The van der Waals surface area contributed by atoms with E-state index in [1.165, 1.54) is 19.5 Å². The van der Waals surface area contributed by atoms with Gasteiger partial charge in [-0.2, -0.15) is 0 Å². The molecule has 2 N–H and O–H groups in total. The second-order valence-corrected chi connectivity index (χ2v) is 6.02. The predicted octanol–water partition coefficient (Wildman–Crippen LogP) is 2.41. The number of rotatable bonds is 4. The van der Waals surface area contributed by atoms with Gasteiger partial charge in [0, 0.05) is 24.3 Å². The van der Waals surface area contributed by atoms with E-state index in [4.69, 9.17) is 9.47 Å². The van der Waals surface area contributed by atoms with Gasteiger partial charge in [0.1, 0.15) is 23.8 Å². The van der Waals surface area contributed by atoms with Crippen LogP contribution in [0.5, 0.6) is 5.75 Å². The Morgan fingerprint density at radius 2 is 2.19 bits per heavy atom. The third kappa shape index (κ3) is 2.88. The Labute approximate surface area is 148 Å². The minimum Gasteiger partial charge on any atom is -0.494 e. The number of nitrogens with zero attached hydrogens (tertiary/aromatic N) is 2. The molecule has 0 spiro atoms. The molecule has 134 valence electrons. The van der Waals surface area contributed by atoms with E-state index in [0.29, 0.717) is 17.8 Å². The van der Waals surface area contributed by atoms with Crippen LogP contribution in [0.3, 0.4) is 0 Å². The fraction of sp³-hybridized carbons (Fsp3) is 0.278. The number of nitrogens with one attached hydrogen (secondary N) is 2. The summed E-state index contributed by atoms with van der Waals surface area (Å²) in [6, 6.07) is 6.42. The molecule has 3 heterocycles. The lowest BCUT2D eigenvalue weighted by Gasteiger charge is -2.21. The first-order valence-electron chi connectivity index (χ1n) is 8.21. The summed E-state index contributed by atoms with van der Waals surface area (Å²) in [6.45, 7) is 0.576. The summed E-state index contributed by atoms with van der Waals surface area (Å²) in [5.74, 6) is 0.147. The van der Waals surface area contributed by atoms with E-state index >= 15 is 0 Å². The molecule has 0 saturated carbocycles. The molecule has 7 nitrogen and oxygen atoms in total. The monoisotopic (exact) mass is 356 g/mol. The van der Waals surface area contributed by atoms with Crippen molar-refractivity contribution in [3.8, 4) is 5.75 Å². The highest BCUT2D eigenvalue weighted by Crippen LogP contribution is 2.33. The van der Waals surface area contributed by atoms with E-state index in [0.717, 1.165) is 12.0 Å².